The number of aliphatic hydroxyl groups excluding tert-OH is 1. The van der Waals surface area contributed by atoms with Crippen molar-refractivity contribution >= 4 is 23.4 Å². The first-order valence-electron chi connectivity index (χ1n) is 11.2. The first-order chi connectivity index (χ1) is 16.6. The van der Waals surface area contributed by atoms with Crippen molar-refractivity contribution in [3.63, 3.8) is 0 Å². The van der Waals surface area contributed by atoms with Gasteiger partial charge in [0, 0.05) is 26.1 Å². The number of rotatable bonds is 12. The standard InChI is InChI=1S/C27H29ClN2O4/c28-23-14-7-8-15-25(23)34-20-26(32)30(19-22-12-5-2-6-13-22)24(27(33)29-16-9-17-31)18-21-10-3-1-4-11-21/h1-8,10-15,24,31H,9,16-20H2,(H,29,33)/t24-/m1/s1. The van der Waals surface area contributed by atoms with Gasteiger partial charge in [0.1, 0.15) is 11.8 Å². The first kappa shape index (κ1) is 25.3. The minimum atomic E-state index is -0.761. The zero-order valence-electron chi connectivity index (χ0n) is 18.9. The lowest BCUT2D eigenvalue weighted by atomic mass is 10.0. The highest BCUT2D eigenvalue weighted by atomic mass is 35.5. The largest absolute Gasteiger partial charge is 0.482 e. The third-order valence-electron chi connectivity index (χ3n) is 5.29. The average molecular weight is 481 g/mol. The van der Waals surface area contributed by atoms with Crippen molar-refractivity contribution in [2.75, 3.05) is 19.8 Å². The highest BCUT2D eigenvalue weighted by Gasteiger charge is 2.30. The highest BCUT2D eigenvalue weighted by Crippen LogP contribution is 2.23. The molecule has 0 fully saturated rings. The molecule has 0 saturated carbocycles. The summed E-state index contributed by atoms with van der Waals surface area (Å²) < 4.78 is 5.71. The molecule has 0 bridgehead atoms. The van der Waals surface area contributed by atoms with Gasteiger partial charge in [-0.3, -0.25) is 9.59 Å². The Kier molecular flexibility index (Phi) is 9.95. The van der Waals surface area contributed by atoms with Crippen molar-refractivity contribution in [2.24, 2.45) is 0 Å². The maximum absolute atomic E-state index is 13.4. The summed E-state index contributed by atoms with van der Waals surface area (Å²) in [4.78, 5) is 28.2. The second-order valence-corrected chi connectivity index (χ2v) is 8.21. The number of carbonyl (C=O) groups excluding carboxylic acids is 2. The number of amides is 2. The molecule has 2 amide bonds. The van der Waals surface area contributed by atoms with Gasteiger partial charge in [0.05, 0.1) is 5.02 Å². The minimum Gasteiger partial charge on any atom is -0.482 e. The molecule has 0 unspecified atom stereocenters. The summed E-state index contributed by atoms with van der Waals surface area (Å²) in [5.74, 6) is -0.203. The Morgan fingerprint density at radius 3 is 2.18 bits per heavy atom. The fraction of sp³-hybridized carbons (Fsp3) is 0.259. The summed E-state index contributed by atoms with van der Waals surface area (Å²) in [6.07, 6.45) is 0.780. The Hall–Kier alpha value is -3.35. The normalized spacial score (nSPS) is 11.5. The van der Waals surface area contributed by atoms with Crippen LogP contribution in [0.15, 0.2) is 84.9 Å². The predicted molar refractivity (Wildman–Crippen MR) is 133 cm³/mol. The number of hydrogen-bond acceptors (Lipinski definition) is 4. The van der Waals surface area contributed by atoms with Crippen LogP contribution in [0.3, 0.4) is 0 Å². The lowest BCUT2D eigenvalue weighted by molar-refractivity contribution is -0.142. The van der Waals surface area contributed by atoms with Crippen LogP contribution in [0.2, 0.25) is 5.02 Å². The first-order valence-corrected chi connectivity index (χ1v) is 11.6. The molecular formula is C27H29ClN2O4. The Morgan fingerprint density at radius 1 is 0.912 bits per heavy atom. The zero-order chi connectivity index (χ0) is 24.2. The Bertz CT molecular complexity index is 1050. The van der Waals surface area contributed by atoms with E-state index >= 15 is 0 Å². The molecule has 7 heteroatoms. The molecule has 0 aliphatic carbocycles. The molecule has 2 N–H and O–H groups in total. The zero-order valence-corrected chi connectivity index (χ0v) is 19.7. The van der Waals surface area contributed by atoms with Crippen LogP contribution in [-0.2, 0) is 22.6 Å². The third kappa shape index (κ3) is 7.61. The van der Waals surface area contributed by atoms with Crippen LogP contribution in [0, 0.1) is 0 Å². The molecule has 3 aromatic carbocycles. The Labute approximate surface area is 205 Å². The van der Waals surface area contributed by atoms with Crippen molar-refractivity contribution in [3.8, 4) is 5.75 Å². The van der Waals surface area contributed by atoms with Crippen LogP contribution in [0.1, 0.15) is 17.5 Å². The number of ether oxygens (including phenoxy) is 1. The van der Waals surface area contributed by atoms with Gasteiger partial charge in [0.15, 0.2) is 6.61 Å². The second-order valence-electron chi connectivity index (χ2n) is 7.80. The van der Waals surface area contributed by atoms with Gasteiger partial charge in [-0.15, -0.1) is 0 Å². The number of aliphatic hydroxyl groups is 1. The summed E-state index contributed by atoms with van der Waals surface area (Å²) in [6, 6.07) is 25.3. The lowest BCUT2D eigenvalue weighted by Gasteiger charge is -2.31. The van der Waals surface area contributed by atoms with Crippen LogP contribution in [-0.4, -0.2) is 47.6 Å². The van der Waals surface area contributed by atoms with Crippen molar-refractivity contribution in [2.45, 2.75) is 25.4 Å². The monoisotopic (exact) mass is 480 g/mol. The molecule has 34 heavy (non-hydrogen) atoms. The number of benzene rings is 3. The molecule has 0 heterocycles. The fourth-order valence-electron chi connectivity index (χ4n) is 3.53. The van der Waals surface area contributed by atoms with Gasteiger partial charge in [0.25, 0.3) is 5.91 Å². The molecule has 0 aliphatic rings. The van der Waals surface area contributed by atoms with Gasteiger partial charge < -0.3 is 20.1 Å². The van der Waals surface area contributed by atoms with Crippen LogP contribution in [0.5, 0.6) is 5.75 Å². The average Bonchev–Trinajstić information content (AvgIpc) is 2.87. The van der Waals surface area contributed by atoms with E-state index in [1.165, 1.54) is 0 Å². The quantitative estimate of drug-likeness (QED) is 0.386. The van der Waals surface area contributed by atoms with Gasteiger partial charge in [-0.1, -0.05) is 84.4 Å². The minimum absolute atomic E-state index is 0.0258. The molecular weight excluding hydrogens is 452 g/mol. The summed E-state index contributed by atoms with van der Waals surface area (Å²) in [7, 11) is 0. The van der Waals surface area contributed by atoms with Crippen molar-refractivity contribution < 1.29 is 19.4 Å². The molecule has 0 aromatic heterocycles. The maximum Gasteiger partial charge on any atom is 0.261 e. The van der Waals surface area contributed by atoms with E-state index in [0.717, 1.165) is 11.1 Å². The number of nitrogens with one attached hydrogen (secondary N) is 1. The molecule has 3 aromatic rings. The van der Waals surface area contributed by atoms with Gasteiger partial charge in [-0.2, -0.15) is 0 Å². The van der Waals surface area contributed by atoms with E-state index < -0.39 is 6.04 Å². The van der Waals surface area contributed by atoms with Gasteiger partial charge >= 0.3 is 0 Å². The maximum atomic E-state index is 13.4. The van der Waals surface area contributed by atoms with Crippen molar-refractivity contribution in [1.82, 2.24) is 10.2 Å². The molecule has 6 nitrogen and oxygen atoms in total. The molecule has 0 aliphatic heterocycles. The SMILES string of the molecule is O=C(NCCCO)[C@@H](Cc1ccccc1)N(Cc1ccccc1)C(=O)COc1ccccc1Cl. The fourth-order valence-corrected chi connectivity index (χ4v) is 3.72. The van der Waals surface area contributed by atoms with E-state index in [1.54, 1.807) is 29.2 Å². The number of para-hydroxylation sites is 1. The van der Waals surface area contributed by atoms with Crippen LogP contribution in [0.4, 0.5) is 0 Å². The summed E-state index contributed by atoms with van der Waals surface area (Å²) in [5, 5.41) is 12.4. The van der Waals surface area contributed by atoms with Gasteiger partial charge in [0.2, 0.25) is 5.91 Å². The summed E-state index contributed by atoms with van der Waals surface area (Å²) in [6.45, 7) is 0.286. The Morgan fingerprint density at radius 2 is 1.53 bits per heavy atom. The molecule has 0 spiro atoms. The van der Waals surface area contributed by atoms with Gasteiger partial charge in [-0.25, -0.2) is 0 Å². The molecule has 1 atom stereocenters. The van der Waals surface area contributed by atoms with E-state index in [1.807, 2.05) is 60.7 Å². The Balaban J connectivity index is 1.86. The van der Waals surface area contributed by atoms with E-state index in [9.17, 15) is 9.59 Å². The van der Waals surface area contributed by atoms with Crippen molar-refractivity contribution in [1.29, 1.82) is 0 Å². The molecule has 0 radical (unpaired) electrons. The van der Waals surface area contributed by atoms with Crippen LogP contribution >= 0.6 is 11.6 Å². The van der Waals surface area contributed by atoms with Crippen LogP contribution in [0.25, 0.3) is 0 Å². The predicted octanol–water partition coefficient (Wildman–Crippen LogP) is 3.86. The van der Waals surface area contributed by atoms with E-state index in [0.29, 0.717) is 30.2 Å². The number of hydrogen-bond donors (Lipinski definition) is 2. The van der Waals surface area contributed by atoms with Gasteiger partial charge in [-0.05, 0) is 29.7 Å². The molecule has 3 rings (SSSR count). The smallest absolute Gasteiger partial charge is 0.261 e. The lowest BCUT2D eigenvalue weighted by Crippen LogP contribution is -2.51. The highest BCUT2D eigenvalue weighted by molar-refractivity contribution is 6.32. The summed E-state index contributed by atoms with van der Waals surface area (Å²) in [5.41, 5.74) is 1.83. The summed E-state index contributed by atoms with van der Waals surface area (Å²) >= 11 is 6.17. The second kappa shape index (κ2) is 13.4. The van der Waals surface area contributed by atoms with E-state index in [2.05, 4.69) is 5.32 Å². The third-order valence-corrected chi connectivity index (χ3v) is 5.60. The number of nitrogens with zero attached hydrogens (tertiary/aromatic N) is 1. The van der Waals surface area contributed by atoms with E-state index in [4.69, 9.17) is 21.4 Å². The van der Waals surface area contributed by atoms with E-state index in [-0.39, 0.29) is 31.6 Å². The number of halogens is 1. The topological polar surface area (TPSA) is 78.9 Å². The van der Waals surface area contributed by atoms with Crippen molar-refractivity contribution in [3.05, 3.63) is 101 Å². The van der Waals surface area contributed by atoms with Crippen LogP contribution < -0.4 is 10.1 Å². The molecule has 178 valence electrons. The molecule has 0 saturated heterocycles. The number of carbonyl (C=O) groups is 2.